The number of fused-ring (bicyclic) bond motifs is 1. The van der Waals surface area contributed by atoms with Crippen LogP contribution in [0.2, 0.25) is 0 Å². The SMILES string of the molecule is COC(=O)C1=C(CCCCI)N=C(c2ccccn2)C2CCCCC12. The summed E-state index contributed by atoms with van der Waals surface area (Å²) in [5.74, 6) is 0.321. The van der Waals surface area contributed by atoms with Gasteiger partial charge in [0.05, 0.1) is 29.8 Å². The van der Waals surface area contributed by atoms with E-state index in [1.54, 1.807) is 0 Å². The Morgan fingerprint density at radius 3 is 2.72 bits per heavy atom. The summed E-state index contributed by atoms with van der Waals surface area (Å²) in [7, 11) is 1.48. The molecule has 134 valence electrons. The number of allylic oxidation sites excluding steroid dienone is 1. The van der Waals surface area contributed by atoms with Crippen LogP contribution in [0.5, 0.6) is 0 Å². The van der Waals surface area contributed by atoms with Gasteiger partial charge >= 0.3 is 5.97 Å². The van der Waals surface area contributed by atoms with E-state index in [4.69, 9.17) is 9.73 Å². The Kier molecular flexibility index (Phi) is 6.62. The highest BCUT2D eigenvalue weighted by Gasteiger charge is 2.40. The molecule has 5 heteroatoms. The molecule has 0 bridgehead atoms. The Hall–Kier alpha value is -1.24. The van der Waals surface area contributed by atoms with Gasteiger partial charge in [0.1, 0.15) is 0 Å². The number of pyridine rings is 1. The van der Waals surface area contributed by atoms with E-state index in [1.807, 2.05) is 24.4 Å². The molecule has 1 saturated carbocycles. The van der Waals surface area contributed by atoms with Crippen LogP contribution in [0.25, 0.3) is 0 Å². The zero-order chi connectivity index (χ0) is 17.6. The van der Waals surface area contributed by atoms with Crippen molar-refractivity contribution in [3.63, 3.8) is 0 Å². The molecule has 3 rings (SSSR count). The highest BCUT2D eigenvalue weighted by atomic mass is 127. The maximum atomic E-state index is 12.5. The van der Waals surface area contributed by atoms with E-state index in [-0.39, 0.29) is 17.8 Å². The van der Waals surface area contributed by atoms with Crippen molar-refractivity contribution in [3.05, 3.63) is 41.4 Å². The number of methoxy groups -OCH3 is 1. The summed E-state index contributed by atoms with van der Waals surface area (Å²) < 4.78 is 6.26. The summed E-state index contributed by atoms with van der Waals surface area (Å²) in [6.07, 6.45) is 9.32. The van der Waals surface area contributed by atoms with Crippen molar-refractivity contribution in [2.45, 2.75) is 44.9 Å². The quantitative estimate of drug-likeness (QED) is 0.272. The molecule has 0 N–H and O–H groups in total. The lowest BCUT2D eigenvalue weighted by Gasteiger charge is -2.37. The fraction of sp³-hybridized carbons (Fsp3) is 0.550. The molecule has 4 nitrogen and oxygen atoms in total. The van der Waals surface area contributed by atoms with Gasteiger partial charge in [0.15, 0.2) is 0 Å². The van der Waals surface area contributed by atoms with Crippen LogP contribution in [0.15, 0.2) is 40.7 Å². The summed E-state index contributed by atoms with van der Waals surface area (Å²) in [5.41, 5.74) is 3.79. The molecule has 2 unspecified atom stereocenters. The van der Waals surface area contributed by atoms with E-state index in [0.29, 0.717) is 0 Å². The van der Waals surface area contributed by atoms with Gasteiger partial charge in [0.2, 0.25) is 0 Å². The fourth-order valence-corrected chi connectivity index (χ4v) is 4.56. The van der Waals surface area contributed by atoms with Crippen molar-refractivity contribution in [3.8, 4) is 0 Å². The van der Waals surface area contributed by atoms with Gasteiger partial charge in [-0.25, -0.2) is 4.79 Å². The Bertz CT molecular complexity index is 670. The average molecular weight is 452 g/mol. The van der Waals surface area contributed by atoms with E-state index in [9.17, 15) is 4.79 Å². The number of alkyl halides is 1. The molecule has 1 aliphatic heterocycles. The number of rotatable bonds is 6. The summed E-state index contributed by atoms with van der Waals surface area (Å²) in [5, 5.41) is 0. The lowest BCUT2D eigenvalue weighted by molar-refractivity contribution is -0.137. The van der Waals surface area contributed by atoms with Crippen LogP contribution < -0.4 is 0 Å². The second-order valence-electron chi connectivity index (χ2n) is 6.71. The van der Waals surface area contributed by atoms with Crippen molar-refractivity contribution in [2.75, 3.05) is 11.5 Å². The normalized spacial score (nSPS) is 23.0. The number of nitrogens with zero attached hydrogens (tertiary/aromatic N) is 2. The van der Waals surface area contributed by atoms with Crippen molar-refractivity contribution in [2.24, 2.45) is 16.8 Å². The number of hydrogen-bond donors (Lipinski definition) is 0. The van der Waals surface area contributed by atoms with Crippen LogP contribution in [0.3, 0.4) is 0 Å². The second-order valence-corrected chi connectivity index (χ2v) is 7.79. The maximum Gasteiger partial charge on any atom is 0.335 e. The molecule has 2 atom stereocenters. The van der Waals surface area contributed by atoms with Crippen LogP contribution in [0, 0.1) is 11.8 Å². The lowest BCUT2D eigenvalue weighted by Crippen LogP contribution is -2.36. The first-order valence-electron chi connectivity index (χ1n) is 9.13. The summed E-state index contributed by atoms with van der Waals surface area (Å²) in [6.45, 7) is 0. The first-order chi connectivity index (χ1) is 12.3. The minimum Gasteiger partial charge on any atom is -0.466 e. The van der Waals surface area contributed by atoms with E-state index >= 15 is 0 Å². The summed E-state index contributed by atoms with van der Waals surface area (Å²) in [4.78, 5) is 22.1. The minimum atomic E-state index is -0.190. The standard InChI is InChI=1S/C20H25IN2O2/c1-25-20(24)18-14-8-2-3-9-15(14)19(17-11-5-7-13-22-17)23-16(18)10-4-6-12-21/h5,7,11,13-15H,2-4,6,8-10,12H2,1H3. The van der Waals surface area contributed by atoms with Gasteiger partial charge in [0.25, 0.3) is 0 Å². The van der Waals surface area contributed by atoms with Crippen LogP contribution in [-0.2, 0) is 9.53 Å². The molecule has 1 aliphatic carbocycles. The molecule has 1 aromatic heterocycles. The number of halogens is 1. The second kappa shape index (κ2) is 8.92. The van der Waals surface area contributed by atoms with Gasteiger partial charge in [0, 0.05) is 18.0 Å². The summed E-state index contributed by atoms with van der Waals surface area (Å²) in [6, 6.07) is 5.98. The number of ether oxygens (including phenoxy) is 1. The van der Waals surface area contributed by atoms with Crippen LogP contribution in [0.1, 0.15) is 50.6 Å². The minimum absolute atomic E-state index is 0.190. The van der Waals surface area contributed by atoms with Crippen molar-refractivity contribution in [1.82, 2.24) is 4.98 Å². The maximum absolute atomic E-state index is 12.5. The third-order valence-electron chi connectivity index (χ3n) is 5.18. The highest BCUT2D eigenvalue weighted by molar-refractivity contribution is 14.1. The van der Waals surface area contributed by atoms with E-state index in [1.165, 1.54) is 13.5 Å². The van der Waals surface area contributed by atoms with Crippen molar-refractivity contribution in [1.29, 1.82) is 0 Å². The predicted molar refractivity (Wildman–Crippen MR) is 108 cm³/mol. The smallest absolute Gasteiger partial charge is 0.335 e. The number of aromatic nitrogens is 1. The Morgan fingerprint density at radius 2 is 2.04 bits per heavy atom. The number of aliphatic imine (C=N–C) groups is 1. The van der Waals surface area contributed by atoms with Gasteiger partial charge in [-0.15, -0.1) is 0 Å². The Morgan fingerprint density at radius 1 is 1.24 bits per heavy atom. The van der Waals surface area contributed by atoms with Gasteiger partial charge in [-0.2, -0.15) is 0 Å². The molecule has 2 aliphatic rings. The Balaban J connectivity index is 2.04. The van der Waals surface area contributed by atoms with Crippen LogP contribution in [-0.4, -0.2) is 28.2 Å². The van der Waals surface area contributed by atoms with Gasteiger partial charge < -0.3 is 4.74 Å². The molecule has 2 heterocycles. The first kappa shape index (κ1) is 18.5. The van der Waals surface area contributed by atoms with Gasteiger partial charge in [-0.3, -0.25) is 9.98 Å². The molecule has 0 amide bonds. The average Bonchev–Trinajstić information content (AvgIpc) is 2.67. The zero-order valence-electron chi connectivity index (χ0n) is 14.7. The zero-order valence-corrected chi connectivity index (χ0v) is 16.9. The topological polar surface area (TPSA) is 51.5 Å². The largest absolute Gasteiger partial charge is 0.466 e. The Labute approximate surface area is 163 Å². The molecule has 25 heavy (non-hydrogen) atoms. The monoisotopic (exact) mass is 452 g/mol. The highest BCUT2D eigenvalue weighted by Crippen LogP contribution is 2.43. The number of hydrogen-bond acceptors (Lipinski definition) is 4. The third-order valence-corrected chi connectivity index (χ3v) is 5.95. The van der Waals surface area contributed by atoms with Gasteiger partial charge in [-0.05, 0) is 48.7 Å². The molecule has 1 aromatic rings. The molecular formula is C20H25IN2O2. The molecule has 0 aromatic carbocycles. The van der Waals surface area contributed by atoms with E-state index in [0.717, 1.165) is 65.6 Å². The number of carbonyl (C=O) groups excluding carboxylic acids is 1. The third kappa shape index (κ3) is 4.13. The molecule has 1 fully saturated rings. The van der Waals surface area contributed by atoms with Gasteiger partial charge in [-0.1, -0.05) is 41.5 Å². The van der Waals surface area contributed by atoms with E-state index in [2.05, 4.69) is 27.6 Å². The predicted octanol–water partition coefficient (Wildman–Crippen LogP) is 4.72. The molecule has 0 saturated heterocycles. The number of carbonyl (C=O) groups is 1. The molecule has 0 radical (unpaired) electrons. The number of unbranched alkanes of at least 4 members (excludes halogenated alkanes) is 1. The number of esters is 1. The molecular weight excluding hydrogens is 427 g/mol. The van der Waals surface area contributed by atoms with Crippen LogP contribution >= 0.6 is 22.6 Å². The first-order valence-corrected chi connectivity index (χ1v) is 10.7. The summed E-state index contributed by atoms with van der Waals surface area (Å²) >= 11 is 2.40. The van der Waals surface area contributed by atoms with E-state index < -0.39 is 0 Å². The van der Waals surface area contributed by atoms with Crippen molar-refractivity contribution < 1.29 is 9.53 Å². The lowest BCUT2D eigenvalue weighted by atomic mass is 9.70. The van der Waals surface area contributed by atoms with Crippen molar-refractivity contribution >= 4 is 34.3 Å². The van der Waals surface area contributed by atoms with Crippen LogP contribution in [0.4, 0.5) is 0 Å². The fourth-order valence-electron chi connectivity index (χ4n) is 4.02. The molecule has 0 spiro atoms.